The van der Waals surface area contributed by atoms with Gasteiger partial charge < -0.3 is 10.1 Å². The fourth-order valence-corrected chi connectivity index (χ4v) is 2.63. The van der Waals surface area contributed by atoms with Crippen molar-refractivity contribution in [3.05, 3.63) is 35.4 Å². The van der Waals surface area contributed by atoms with Crippen molar-refractivity contribution in [3.8, 4) is 0 Å². The third kappa shape index (κ3) is 7.27. The van der Waals surface area contributed by atoms with Crippen LogP contribution < -0.4 is 5.32 Å². The number of benzene rings is 1. The SMILES string of the molecule is CC(OC(=O)c1cccc(CS(C)(=O)=O)c1)C(=O)NC(C)(C)C. The first-order valence-corrected chi connectivity index (χ1v) is 9.23. The number of esters is 1. The van der Waals surface area contributed by atoms with E-state index in [-0.39, 0.29) is 11.3 Å². The van der Waals surface area contributed by atoms with Gasteiger partial charge in [0, 0.05) is 11.8 Å². The lowest BCUT2D eigenvalue weighted by atomic mass is 10.1. The molecule has 1 aromatic carbocycles. The maximum Gasteiger partial charge on any atom is 0.338 e. The molecule has 23 heavy (non-hydrogen) atoms. The van der Waals surface area contributed by atoms with Crippen LogP contribution in [-0.2, 0) is 25.1 Å². The molecular weight excluding hydrogens is 318 g/mol. The van der Waals surface area contributed by atoms with Gasteiger partial charge in [0.05, 0.1) is 11.3 Å². The number of carbonyl (C=O) groups is 2. The highest BCUT2D eigenvalue weighted by atomic mass is 32.2. The van der Waals surface area contributed by atoms with E-state index in [1.54, 1.807) is 12.1 Å². The van der Waals surface area contributed by atoms with Gasteiger partial charge in [-0.05, 0) is 45.4 Å². The fraction of sp³-hybridized carbons (Fsp3) is 0.500. The van der Waals surface area contributed by atoms with E-state index < -0.39 is 33.4 Å². The van der Waals surface area contributed by atoms with E-state index in [1.165, 1.54) is 19.1 Å². The number of hydrogen-bond donors (Lipinski definition) is 1. The van der Waals surface area contributed by atoms with Crippen LogP contribution in [0.3, 0.4) is 0 Å². The van der Waals surface area contributed by atoms with Crippen molar-refractivity contribution in [2.45, 2.75) is 45.1 Å². The molecule has 0 heterocycles. The zero-order valence-electron chi connectivity index (χ0n) is 14.0. The first kappa shape index (κ1) is 19.2. The summed E-state index contributed by atoms with van der Waals surface area (Å²) in [6.45, 7) is 6.97. The third-order valence-corrected chi connectivity index (χ3v) is 3.60. The molecule has 1 aromatic rings. The zero-order chi connectivity index (χ0) is 17.8. The summed E-state index contributed by atoms with van der Waals surface area (Å²) in [5.74, 6) is -1.22. The summed E-state index contributed by atoms with van der Waals surface area (Å²) in [6.07, 6.45) is 0.178. The quantitative estimate of drug-likeness (QED) is 0.823. The topological polar surface area (TPSA) is 89.5 Å². The molecule has 6 nitrogen and oxygen atoms in total. The first-order chi connectivity index (χ1) is 10.4. The number of hydrogen-bond acceptors (Lipinski definition) is 5. The van der Waals surface area contributed by atoms with Crippen LogP contribution in [0, 0.1) is 0 Å². The van der Waals surface area contributed by atoms with Crippen molar-refractivity contribution in [2.24, 2.45) is 0 Å². The van der Waals surface area contributed by atoms with Crippen molar-refractivity contribution in [3.63, 3.8) is 0 Å². The lowest BCUT2D eigenvalue weighted by molar-refractivity contribution is -0.130. The second kappa shape index (κ2) is 7.12. The van der Waals surface area contributed by atoms with Gasteiger partial charge in [-0.3, -0.25) is 4.79 Å². The Morgan fingerprint density at radius 2 is 1.87 bits per heavy atom. The fourth-order valence-electron chi connectivity index (χ4n) is 1.84. The number of ether oxygens (including phenoxy) is 1. The molecule has 0 spiro atoms. The summed E-state index contributed by atoms with van der Waals surface area (Å²) in [6, 6.07) is 6.17. The van der Waals surface area contributed by atoms with Crippen LogP contribution in [0.1, 0.15) is 43.6 Å². The molecule has 0 aliphatic rings. The van der Waals surface area contributed by atoms with E-state index in [9.17, 15) is 18.0 Å². The summed E-state index contributed by atoms with van der Waals surface area (Å²) in [5, 5.41) is 2.72. The Labute approximate surface area is 137 Å². The van der Waals surface area contributed by atoms with Gasteiger partial charge in [-0.2, -0.15) is 0 Å². The molecule has 1 amide bonds. The molecule has 0 fully saturated rings. The van der Waals surface area contributed by atoms with Gasteiger partial charge in [-0.15, -0.1) is 0 Å². The minimum Gasteiger partial charge on any atom is -0.449 e. The Morgan fingerprint density at radius 1 is 1.26 bits per heavy atom. The molecule has 0 bridgehead atoms. The highest BCUT2D eigenvalue weighted by Gasteiger charge is 2.23. The maximum atomic E-state index is 12.1. The van der Waals surface area contributed by atoms with Crippen LogP contribution in [0.5, 0.6) is 0 Å². The minimum absolute atomic E-state index is 0.159. The molecular formula is C16H23NO5S. The van der Waals surface area contributed by atoms with Crippen molar-refractivity contribution in [1.82, 2.24) is 5.32 Å². The van der Waals surface area contributed by atoms with Gasteiger partial charge in [-0.25, -0.2) is 13.2 Å². The Balaban J connectivity index is 2.78. The van der Waals surface area contributed by atoms with Gasteiger partial charge in [-0.1, -0.05) is 12.1 Å². The number of carbonyl (C=O) groups excluding carboxylic acids is 2. The van der Waals surface area contributed by atoms with Crippen LogP contribution in [0.15, 0.2) is 24.3 Å². The second-order valence-electron chi connectivity index (χ2n) is 6.56. The molecule has 0 aromatic heterocycles. The van der Waals surface area contributed by atoms with Gasteiger partial charge >= 0.3 is 5.97 Å². The normalized spacial score (nSPS) is 13.3. The van der Waals surface area contributed by atoms with E-state index in [4.69, 9.17) is 4.74 Å². The maximum absolute atomic E-state index is 12.1. The molecule has 0 radical (unpaired) electrons. The lowest BCUT2D eigenvalue weighted by Gasteiger charge is -2.23. The number of sulfone groups is 1. The van der Waals surface area contributed by atoms with E-state index in [1.807, 2.05) is 20.8 Å². The Hall–Kier alpha value is -1.89. The van der Waals surface area contributed by atoms with Crippen LogP contribution in [-0.4, -0.2) is 38.2 Å². The van der Waals surface area contributed by atoms with Crippen molar-refractivity contribution in [1.29, 1.82) is 0 Å². The van der Waals surface area contributed by atoms with Crippen molar-refractivity contribution in [2.75, 3.05) is 6.26 Å². The van der Waals surface area contributed by atoms with E-state index in [0.717, 1.165) is 6.26 Å². The molecule has 1 rings (SSSR count). The Bertz CT molecular complexity index is 689. The van der Waals surface area contributed by atoms with E-state index in [2.05, 4.69) is 5.32 Å². The van der Waals surface area contributed by atoms with Crippen LogP contribution in [0.2, 0.25) is 0 Å². The van der Waals surface area contributed by atoms with E-state index >= 15 is 0 Å². The molecule has 1 unspecified atom stereocenters. The van der Waals surface area contributed by atoms with Crippen molar-refractivity contribution < 1.29 is 22.7 Å². The number of amides is 1. The van der Waals surface area contributed by atoms with Gasteiger partial charge in [0.15, 0.2) is 15.9 Å². The monoisotopic (exact) mass is 341 g/mol. The predicted octanol–water partition coefficient (Wildman–Crippen LogP) is 1.69. The third-order valence-electron chi connectivity index (χ3n) is 2.74. The highest BCUT2D eigenvalue weighted by molar-refractivity contribution is 7.89. The van der Waals surface area contributed by atoms with Gasteiger partial charge in [0.1, 0.15) is 0 Å². The Morgan fingerprint density at radius 3 is 2.39 bits per heavy atom. The summed E-state index contributed by atoms with van der Waals surface area (Å²) < 4.78 is 27.8. The molecule has 0 saturated heterocycles. The molecule has 0 aliphatic heterocycles. The first-order valence-electron chi connectivity index (χ1n) is 7.17. The largest absolute Gasteiger partial charge is 0.449 e. The predicted molar refractivity (Wildman–Crippen MR) is 87.8 cm³/mol. The summed E-state index contributed by atoms with van der Waals surface area (Å²) in [7, 11) is -3.19. The summed E-state index contributed by atoms with van der Waals surface area (Å²) in [4.78, 5) is 24.0. The second-order valence-corrected chi connectivity index (χ2v) is 8.70. The highest BCUT2D eigenvalue weighted by Crippen LogP contribution is 2.11. The van der Waals surface area contributed by atoms with Crippen LogP contribution in [0.25, 0.3) is 0 Å². The van der Waals surface area contributed by atoms with Crippen LogP contribution >= 0.6 is 0 Å². The minimum atomic E-state index is -3.19. The van der Waals surface area contributed by atoms with Crippen LogP contribution in [0.4, 0.5) is 0 Å². The molecule has 7 heteroatoms. The summed E-state index contributed by atoms with van der Waals surface area (Å²) in [5.41, 5.74) is 0.281. The standard InChI is InChI=1S/C16H23NO5S/c1-11(14(18)17-16(2,3)4)22-15(19)13-8-6-7-12(9-13)10-23(5,20)21/h6-9,11H,10H2,1-5H3,(H,17,18). The smallest absolute Gasteiger partial charge is 0.338 e. The molecule has 1 N–H and O–H groups in total. The average molecular weight is 341 g/mol. The number of rotatable bonds is 5. The Kier molecular flexibility index (Phi) is 5.93. The molecule has 1 atom stereocenters. The number of nitrogens with one attached hydrogen (secondary N) is 1. The van der Waals surface area contributed by atoms with E-state index in [0.29, 0.717) is 5.56 Å². The molecule has 0 aliphatic carbocycles. The van der Waals surface area contributed by atoms with Crippen molar-refractivity contribution >= 4 is 21.7 Å². The van der Waals surface area contributed by atoms with Gasteiger partial charge in [0.25, 0.3) is 5.91 Å². The molecule has 0 saturated carbocycles. The van der Waals surface area contributed by atoms with Gasteiger partial charge in [0.2, 0.25) is 0 Å². The lowest BCUT2D eigenvalue weighted by Crippen LogP contribution is -2.46. The zero-order valence-corrected chi connectivity index (χ0v) is 14.9. The molecule has 128 valence electrons. The summed E-state index contributed by atoms with van der Waals surface area (Å²) >= 11 is 0. The average Bonchev–Trinajstić information content (AvgIpc) is 2.34.